The molecule has 17 heavy (non-hydrogen) atoms. The van der Waals surface area contributed by atoms with Gasteiger partial charge in [0.05, 0.1) is 11.6 Å². The Morgan fingerprint density at radius 3 is 2.94 bits per heavy atom. The van der Waals surface area contributed by atoms with Crippen LogP contribution in [0.3, 0.4) is 0 Å². The van der Waals surface area contributed by atoms with Crippen molar-refractivity contribution in [3.63, 3.8) is 0 Å². The molecule has 2 aromatic rings. The zero-order valence-electron chi connectivity index (χ0n) is 10.1. The van der Waals surface area contributed by atoms with Gasteiger partial charge in [-0.1, -0.05) is 26.3 Å². The summed E-state index contributed by atoms with van der Waals surface area (Å²) in [5.74, 6) is 0.00694. The molecule has 1 aromatic heterocycles. The summed E-state index contributed by atoms with van der Waals surface area (Å²) in [5.41, 5.74) is 1.95. The summed E-state index contributed by atoms with van der Waals surface area (Å²) >= 11 is 0. The Bertz CT molecular complexity index is 555. The van der Waals surface area contributed by atoms with Crippen molar-refractivity contribution in [3.8, 4) is 0 Å². The molecule has 4 nitrogen and oxygen atoms in total. The Hall–Kier alpha value is -1.55. The van der Waals surface area contributed by atoms with E-state index in [9.17, 15) is 9.90 Å². The number of aliphatic hydroxyl groups excluding tert-OH is 1. The van der Waals surface area contributed by atoms with E-state index in [4.69, 9.17) is 4.42 Å². The molecule has 2 rings (SSSR count). The second kappa shape index (κ2) is 4.75. The van der Waals surface area contributed by atoms with Gasteiger partial charge in [-0.2, -0.15) is 0 Å². The Morgan fingerprint density at radius 2 is 2.24 bits per heavy atom. The number of aromatic amines is 1. The van der Waals surface area contributed by atoms with Crippen LogP contribution in [-0.2, 0) is 0 Å². The van der Waals surface area contributed by atoms with Crippen LogP contribution in [0, 0.1) is 5.92 Å². The van der Waals surface area contributed by atoms with Crippen LogP contribution in [-0.4, -0.2) is 10.1 Å². The third kappa shape index (κ3) is 2.58. The maximum atomic E-state index is 11.0. The molecule has 0 amide bonds. The van der Waals surface area contributed by atoms with Gasteiger partial charge in [-0.25, -0.2) is 4.79 Å². The highest BCUT2D eigenvalue weighted by Crippen LogP contribution is 2.24. The van der Waals surface area contributed by atoms with Gasteiger partial charge in [0.25, 0.3) is 0 Å². The van der Waals surface area contributed by atoms with Crippen LogP contribution in [0.5, 0.6) is 0 Å². The van der Waals surface area contributed by atoms with Crippen molar-refractivity contribution in [2.45, 2.75) is 32.8 Å². The van der Waals surface area contributed by atoms with E-state index < -0.39 is 11.9 Å². The molecular formula is C13H17NO3. The molecule has 1 heterocycles. The standard InChI is InChI=1S/C13H17NO3/c1-3-8(2)6-11(15)9-4-5-10-12(7-9)17-13(16)14-10/h4-5,7-8,11,15H,3,6H2,1-2H3,(H,14,16). The first-order valence-corrected chi connectivity index (χ1v) is 5.91. The number of rotatable bonds is 4. The first-order chi connectivity index (χ1) is 8.10. The summed E-state index contributed by atoms with van der Waals surface area (Å²) in [6.45, 7) is 4.21. The largest absolute Gasteiger partial charge is 0.417 e. The number of benzene rings is 1. The van der Waals surface area contributed by atoms with Crippen molar-refractivity contribution in [1.29, 1.82) is 0 Å². The molecule has 0 radical (unpaired) electrons. The first kappa shape index (κ1) is 11.9. The van der Waals surface area contributed by atoms with Crippen LogP contribution in [0.1, 0.15) is 38.4 Å². The molecular weight excluding hydrogens is 218 g/mol. The second-order valence-corrected chi connectivity index (χ2v) is 4.54. The Morgan fingerprint density at radius 1 is 1.47 bits per heavy atom. The summed E-state index contributed by atoms with van der Waals surface area (Å²) in [4.78, 5) is 13.6. The summed E-state index contributed by atoms with van der Waals surface area (Å²) in [5, 5.41) is 10.1. The fourth-order valence-electron chi connectivity index (χ4n) is 1.85. The van der Waals surface area contributed by atoms with Crippen LogP contribution in [0.4, 0.5) is 0 Å². The Kier molecular flexibility index (Phi) is 3.33. The van der Waals surface area contributed by atoms with E-state index in [0.29, 0.717) is 17.0 Å². The van der Waals surface area contributed by atoms with Crippen LogP contribution in [0.2, 0.25) is 0 Å². The molecule has 0 aliphatic carbocycles. The van der Waals surface area contributed by atoms with Crippen molar-refractivity contribution in [1.82, 2.24) is 4.98 Å². The lowest BCUT2D eigenvalue weighted by Gasteiger charge is -2.14. The number of hydrogen-bond acceptors (Lipinski definition) is 3. The Labute approximate surface area is 99.3 Å². The van der Waals surface area contributed by atoms with E-state index in [1.807, 2.05) is 6.07 Å². The third-order valence-corrected chi connectivity index (χ3v) is 3.15. The molecule has 0 fully saturated rings. The van der Waals surface area contributed by atoms with Crippen molar-refractivity contribution in [2.75, 3.05) is 0 Å². The van der Waals surface area contributed by atoms with Gasteiger partial charge in [0.1, 0.15) is 0 Å². The van der Waals surface area contributed by atoms with Gasteiger partial charge in [0, 0.05) is 0 Å². The second-order valence-electron chi connectivity index (χ2n) is 4.54. The number of aromatic nitrogens is 1. The third-order valence-electron chi connectivity index (χ3n) is 3.15. The topological polar surface area (TPSA) is 66.2 Å². The number of H-pyrrole nitrogens is 1. The smallest absolute Gasteiger partial charge is 0.408 e. The lowest BCUT2D eigenvalue weighted by Crippen LogP contribution is -2.03. The number of oxazole rings is 1. The highest BCUT2D eigenvalue weighted by atomic mass is 16.4. The number of fused-ring (bicyclic) bond motifs is 1. The molecule has 2 N–H and O–H groups in total. The number of hydrogen-bond donors (Lipinski definition) is 2. The minimum Gasteiger partial charge on any atom is -0.408 e. The molecule has 0 aliphatic heterocycles. The highest BCUT2D eigenvalue weighted by molar-refractivity contribution is 5.72. The zero-order chi connectivity index (χ0) is 12.4. The minimum atomic E-state index is -0.505. The normalized spacial score (nSPS) is 15.0. The molecule has 0 saturated heterocycles. The SMILES string of the molecule is CCC(C)CC(O)c1ccc2[nH]c(=O)oc2c1. The van der Waals surface area contributed by atoms with Crippen molar-refractivity contribution < 1.29 is 9.52 Å². The molecule has 0 spiro atoms. The molecule has 2 unspecified atom stereocenters. The minimum absolute atomic E-state index is 0.464. The first-order valence-electron chi connectivity index (χ1n) is 5.91. The van der Waals surface area contributed by atoms with Crippen LogP contribution < -0.4 is 5.76 Å². The summed E-state index contributed by atoms with van der Waals surface area (Å²) in [6, 6.07) is 5.30. The van der Waals surface area contributed by atoms with Gasteiger partial charge in [0.15, 0.2) is 5.58 Å². The molecule has 0 saturated carbocycles. The number of aliphatic hydroxyl groups is 1. The molecule has 0 aliphatic rings. The van der Waals surface area contributed by atoms with Gasteiger partial charge < -0.3 is 9.52 Å². The predicted octanol–water partition coefficient (Wildman–Crippen LogP) is 2.59. The maximum absolute atomic E-state index is 11.0. The van der Waals surface area contributed by atoms with E-state index in [-0.39, 0.29) is 0 Å². The van der Waals surface area contributed by atoms with Gasteiger partial charge >= 0.3 is 5.76 Å². The molecule has 4 heteroatoms. The van der Waals surface area contributed by atoms with E-state index in [0.717, 1.165) is 18.4 Å². The van der Waals surface area contributed by atoms with Gasteiger partial charge in [-0.05, 0) is 30.0 Å². The van der Waals surface area contributed by atoms with Crippen LogP contribution in [0.15, 0.2) is 27.4 Å². The summed E-state index contributed by atoms with van der Waals surface area (Å²) < 4.78 is 4.97. The summed E-state index contributed by atoms with van der Waals surface area (Å²) in [7, 11) is 0. The van der Waals surface area contributed by atoms with E-state index >= 15 is 0 Å². The molecule has 2 atom stereocenters. The average molecular weight is 235 g/mol. The van der Waals surface area contributed by atoms with E-state index in [1.165, 1.54) is 0 Å². The van der Waals surface area contributed by atoms with E-state index in [2.05, 4.69) is 18.8 Å². The lowest BCUT2D eigenvalue weighted by molar-refractivity contribution is 0.146. The Balaban J connectivity index is 2.26. The monoisotopic (exact) mass is 235 g/mol. The predicted molar refractivity (Wildman–Crippen MR) is 65.9 cm³/mol. The lowest BCUT2D eigenvalue weighted by atomic mass is 9.96. The molecule has 92 valence electrons. The van der Waals surface area contributed by atoms with Gasteiger partial charge in [-0.15, -0.1) is 0 Å². The molecule has 0 bridgehead atoms. The van der Waals surface area contributed by atoms with Crippen molar-refractivity contribution in [3.05, 3.63) is 34.3 Å². The average Bonchev–Trinajstić information content (AvgIpc) is 2.67. The van der Waals surface area contributed by atoms with Crippen LogP contribution >= 0.6 is 0 Å². The fraction of sp³-hybridized carbons (Fsp3) is 0.462. The zero-order valence-corrected chi connectivity index (χ0v) is 10.1. The van der Waals surface area contributed by atoms with Crippen molar-refractivity contribution in [2.24, 2.45) is 5.92 Å². The van der Waals surface area contributed by atoms with Gasteiger partial charge in [0.2, 0.25) is 0 Å². The maximum Gasteiger partial charge on any atom is 0.417 e. The van der Waals surface area contributed by atoms with Gasteiger partial charge in [-0.3, -0.25) is 4.98 Å². The highest BCUT2D eigenvalue weighted by Gasteiger charge is 2.13. The van der Waals surface area contributed by atoms with Crippen LogP contribution in [0.25, 0.3) is 11.1 Å². The molecule has 1 aromatic carbocycles. The number of nitrogens with one attached hydrogen (secondary N) is 1. The van der Waals surface area contributed by atoms with Crippen molar-refractivity contribution >= 4 is 11.1 Å². The quantitative estimate of drug-likeness (QED) is 0.856. The fourth-order valence-corrected chi connectivity index (χ4v) is 1.85. The van der Waals surface area contributed by atoms with E-state index in [1.54, 1.807) is 12.1 Å². The summed E-state index contributed by atoms with van der Waals surface area (Å²) in [6.07, 6.45) is 1.25.